The fourth-order valence-corrected chi connectivity index (χ4v) is 4.52. The van der Waals surface area contributed by atoms with E-state index in [-0.39, 0.29) is 17.0 Å². The molecule has 6 nitrogen and oxygen atoms in total. The van der Waals surface area contributed by atoms with Gasteiger partial charge in [0.2, 0.25) is 5.91 Å². The Bertz CT molecular complexity index is 1040. The highest BCUT2D eigenvalue weighted by Gasteiger charge is 2.26. The molecule has 0 unspecified atom stereocenters. The van der Waals surface area contributed by atoms with Crippen LogP contribution in [0.2, 0.25) is 0 Å². The minimum absolute atomic E-state index is 0.0140. The Morgan fingerprint density at radius 3 is 2.16 bits per heavy atom. The van der Waals surface area contributed by atoms with Gasteiger partial charge in [-0.1, -0.05) is 82.2 Å². The molecule has 0 aliphatic heterocycles. The predicted octanol–water partition coefficient (Wildman–Crippen LogP) is 4.87. The van der Waals surface area contributed by atoms with Crippen LogP contribution >= 0.6 is 0 Å². The second kappa shape index (κ2) is 12.7. The number of rotatable bonds is 12. The second-order valence-corrected chi connectivity index (χ2v) is 9.15. The summed E-state index contributed by atoms with van der Waals surface area (Å²) in [4.78, 5) is 25.8. The highest BCUT2D eigenvalue weighted by atomic mass is 32.2. The lowest BCUT2D eigenvalue weighted by atomic mass is 10.1. The number of carbonyl (C=O) groups excluding carboxylic acids is 2. The zero-order valence-corrected chi connectivity index (χ0v) is 19.2. The Morgan fingerprint density at radius 1 is 0.906 bits per heavy atom. The van der Waals surface area contributed by atoms with Crippen molar-refractivity contribution in [3.8, 4) is 12.5 Å². The number of carbonyl (C=O) groups is 2. The number of nitrogens with one attached hydrogen (secondary N) is 1. The summed E-state index contributed by atoms with van der Waals surface area (Å²) < 4.78 is 27.9. The summed E-state index contributed by atoms with van der Waals surface area (Å²) >= 11 is 0. The highest BCUT2D eigenvalue weighted by Crippen LogP contribution is 2.26. The summed E-state index contributed by atoms with van der Waals surface area (Å²) in [6.07, 6.45) is 12.9. The Balaban J connectivity index is 2.08. The van der Waals surface area contributed by atoms with Gasteiger partial charge in [-0.05, 0) is 30.7 Å². The summed E-state index contributed by atoms with van der Waals surface area (Å²) in [5, 5.41) is 0. The van der Waals surface area contributed by atoms with Crippen LogP contribution in [0, 0.1) is 12.5 Å². The van der Waals surface area contributed by atoms with Crippen LogP contribution in [0.1, 0.15) is 68.6 Å². The second-order valence-electron chi connectivity index (χ2n) is 7.50. The van der Waals surface area contributed by atoms with Gasteiger partial charge in [-0.15, -0.1) is 0 Å². The number of hydrogen-bond donors (Lipinski definition) is 1. The normalized spacial score (nSPS) is 10.9. The van der Waals surface area contributed by atoms with Crippen molar-refractivity contribution in [3.05, 3.63) is 60.2 Å². The molecular weight excluding hydrogens is 424 g/mol. The molecule has 0 aliphatic carbocycles. The van der Waals surface area contributed by atoms with Crippen LogP contribution in [0.4, 0.5) is 5.69 Å². The monoisotopic (exact) mass is 454 g/mol. The molecule has 0 aliphatic rings. The van der Waals surface area contributed by atoms with Gasteiger partial charge in [0.1, 0.15) is 4.90 Å². The van der Waals surface area contributed by atoms with Crippen LogP contribution in [-0.2, 0) is 14.8 Å². The Hall–Kier alpha value is -3.11. The summed E-state index contributed by atoms with van der Waals surface area (Å²) in [6.45, 7) is 2.16. The molecule has 170 valence electrons. The predicted molar refractivity (Wildman–Crippen MR) is 126 cm³/mol. The van der Waals surface area contributed by atoms with E-state index in [0.29, 0.717) is 12.0 Å². The first-order chi connectivity index (χ1) is 15.4. The third-order valence-electron chi connectivity index (χ3n) is 5.00. The molecule has 0 aromatic heterocycles. The van der Waals surface area contributed by atoms with Crippen molar-refractivity contribution in [2.75, 3.05) is 4.90 Å². The van der Waals surface area contributed by atoms with Gasteiger partial charge >= 0.3 is 0 Å². The Labute approximate surface area is 191 Å². The minimum atomic E-state index is -4.20. The first-order valence-electron chi connectivity index (χ1n) is 10.9. The zero-order chi connectivity index (χ0) is 23.4. The lowest BCUT2D eigenvalue weighted by Gasteiger charge is -2.19. The van der Waals surface area contributed by atoms with Gasteiger partial charge < -0.3 is 0 Å². The fourth-order valence-electron chi connectivity index (χ4n) is 3.32. The SMILES string of the molecule is C#CN(C(=O)c1ccccc1)c1ccccc1S(=O)(=O)NC(=O)CCCCCCCCC. The first-order valence-corrected chi connectivity index (χ1v) is 12.4. The third-order valence-corrected chi connectivity index (χ3v) is 6.42. The molecule has 0 radical (unpaired) electrons. The molecule has 0 saturated carbocycles. The van der Waals surface area contributed by atoms with Crippen molar-refractivity contribution in [2.24, 2.45) is 0 Å². The maximum atomic E-state index is 12.9. The summed E-state index contributed by atoms with van der Waals surface area (Å²) in [5.74, 6) is -1.11. The van der Waals surface area contributed by atoms with Gasteiger partial charge in [0.25, 0.3) is 15.9 Å². The molecule has 0 bridgehead atoms. The molecule has 0 saturated heterocycles. The van der Waals surface area contributed by atoms with Crippen LogP contribution in [0.3, 0.4) is 0 Å². The van der Waals surface area contributed by atoms with Gasteiger partial charge in [0.05, 0.1) is 5.69 Å². The first kappa shape index (κ1) is 25.2. The molecule has 2 aromatic carbocycles. The molecule has 2 amide bonds. The van der Waals surface area contributed by atoms with Crippen LogP contribution in [-0.4, -0.2) is 20.2 Å². The van der Waals surface area contributed by atoms with E-state index in [4.69, 9.17) is 6.42 Å². The smallest absolute Gasteiger partial charge is 0.270 e. The number of nitrogens with zero attached hydrogens (tertiary/aromatic N) is 1. The molecule has 0 fully saturated rings. The van der Waals surface area contributed by atoms with E-state index >= 15 is 0 Å². The topological polar surface area (TPSA) is 83.6 Å². The molecule has 0 spiro atoms. The van der Waals surface area contributed by atoms with Crippen LogP contribution < -0.4 is 9.62 Å². The molecule has 0 heterocycles. The number of terminal acetylenes is 1. The molecule has 1 N–H and O–H groups in total. The summed E-state index contributed by atoms with van der Waals surface area (Å²) in [6, 6.07) is 16.4. The van der Waals surface area contributed by atoms with Gasteiger partial charge in [-0.3, -0.25) is 9.59 Å². The average molecular weight is 455 g/mol. The van der Waals surface area contributed by atoms with Crippen molar-refractivity contribution >= 4 is 27.5 Å². The molecule has 32 heavy (non-hydrogen) atoms. The number of para-hydroxylation sites is 1. The molecule has 7 heteroatoms. The number of amides is 2. The lowest BCUT2D eigenvalue weighted by molar-refractivity contribution is -0.119. The van der Waals surface area contributed by atoms with E-state index in [9.17, 15) is 18.0 Å². The molecule has 0 atom stereocenters. The van der Waals surface area contributed by atoms with Crippen LogP contribution in [0.5, 0.6) is 0 Å². The zero-order valence-electron chi connectivity index (χ0n) is 18.4. The maximum absolute atomic E-state index is 12.9. The van der Waals surface area contributed by atoms with Gasteiger partial charge in [-0.2, -0.15) is 0 Å². The Morgan fingerprint density at radius 2 is 1.50 bits per heavy atom. The summed E-state index contributed by atoms with van der Waals surface area (Å²) in [5.41, 5.74) is 0.334. The van der Waals surface area contributed by atoms with Crippen molar-refractivity contribution in [3.63, 3.8) is 0 Å². The average Bonchev–Trinajstić information content (AvgIpc) is 2.79. The van der Waals surface area contributed by atoms with E-state index in [1.807, 2.05) is 0 Å². The Kier molecular flexibility index (Phi) is 9.96. The lowest BCUT2D eigenvalue weighted by Crippen LogP contribution is -2.33. The van der Waals surface area contributed by atoms with Crippen LogP contribution in [0.25, 0.3) is 0 Å². The number of benzene rings is 2. The van der Waals surface area contributed by atoms with Gasteiger partial charge in [-0.25, -0.2) is 18.0 Å². The van der Waals surface area contributed by atoms with E-state index in [2.05, 4.69) is 17.7 Å². The number of hydrogen-bond acceptors (Lipinski definition) is 4. The molecule has 2 aromatic rings. The van der Waals surface area contributed by atoms with Crippen LogP contribution in [0.15, 0.2) is 59.5 Å². The summed E-state index contributed by atoms with van der Waals surface area (Å²) in [7, 11) is -4.20. The molecule has 2 rings (SSSR count). The number of unbranched alkanes of at least 4 members (excludes halogenated alkanes) is 6. The maximum Gasteiger partial charge on any atom is 0.270 e. The van der Waals surface area contributed by atoms with Crippen molar-refractivity contribution in [1.82, 2.24) is 4.72 Å². The highest BCUT2D eigenvalue weighted by molar-refractivity contribution is 7.90. The van der Waals surface area contributed by atoms with E-state index in [1.165, 1.54) is 37.5 Å². The quantitative estimate of drug-likeness (QED) is 0.282. The number of sulfonamides is 1. The van der Waals surface area contributed by atoms with E-state index in [1.54, 1.807) is 36.4 Å². The molecular formula is C25H30N2O4S. The van der Waals surface area contributed by atoms with Gasteiger partial charge in [0, 0.05) is 18.0 Å². The van der Waals surface area contributed by atoms with E-state index < -0.39 is 21.8 Å². The van der Waals surface area contributed by atoms with Crippen molar-refractivity contribution in [1.29, 1.82) is 0 Å². The minimum Gasteiger partial charge on any atom is -0.274 e. The van der Waals surface area contributed by atoms with Gasteiger partial charge in [0.15, 0.2) is 0 Å². The number of anilines is 1. The third kappa shape index (κ3) is 7.24. The van der Waals surface area contributed by atoms with Crippen molar-refractivity contribution in [2.45, 2.75) is 63.2 Å². The fraction of sp³-hybridized carbons (Fsp3) is 0.360. The van der Waals surface area contributed by atoms with Crippen molar-refractivity contribution < 1.29 is 18.0 Å². The largest absolute Gasteiger partial charge is 0.274 e. The standard InChI is InChI=1S/C25H30N2O4S/c1-3-5-6-7-8-9-13-20-24(28)26-32(30,31)23-19-15-14-18-22(23)27(4-2)25(29)21-16-11-10-12-17-21/h2,10-12,14-19H,3,5-9,13,20H2,1H3,(H,26,28). The van der Waals surface area contributed by atoms with E-state index in [0.717, 1.165) is 24.2 Å².